The number of imidazole rings is 1. The minimum atomic E-state index is -4.43. The van der Waals surface area contributed by atoms with Crippen LogP contribution in [0.25, 0.3) is 16.9 Å². The molecule has 4 rings (SSSR count). The molecule has 2 aromatic carbocycles. The minimum absolute atomic E-state index is 0.145. The Kier molecular flexibility index (Phi) is 4.58. The van der Waals surface area contributed by atoms with Crippen LogP contribution in [0.15, 0.2) is 73.1 Å². The molecule has 2 heterocycles. The Hall–Kier alpha value is -3.61. The van der Waals surface area contributed by atoms with Crippen molar-refractivity contribution in [1.29, 1.82) is 0 Å². The lowest BCUT2D eigenvalue weighted by Gasteiger charge is -2.09. The number of rotatable bonds is 3. The molecule has 0 unspecified atom stereocenters. The van der Waals surface area contributed by atoms with Gasteiger partial charge in [0.2, 0.25) is 0 Å². The van der Waals surface area contributed by atoms with Gasteiger partial charge in [0, 0.05) is 29.2 Å². The number of hydrogen-bond donors (Lipinski definition) is 1. The number of alkyl halides is 3. The lowest BCUT2D eigenvalue weighted by molar-refractivity contribution is -0.137. The van der Waals surface area contributed by atoms with E-state index in [0.717, 1.165) is 46.7 Å². The van der Waals surface area contributed by atoms with Gasteiger partial charge in [0.1, 0.15) is 5.65 Å². The molecule has 0 atom stereocenters. The molecular weight excluding hydrogens is 379 g/mol. The fourth-order valence-electron chi connectivity index (χ4n) is 2.99. The number of carbonyl (C=O) groups excluding carboxylic acids is 1. The van der Waals surface area contributed by atoms with E-state index in [9.17, 15) is 18.0 Å². The SMILES string of the molecule is Cc1ccn2cc(-c3cccc(NC(=O)c4ccc(C(F)(F)F)cc4)c3)nc2c1. The number of amides is 1. The van der Waals surface area contributed by atoms with E-state index < -0.39 is 17.6 Å². The van der Waals surface area contributed by atoms with Gasteiger partial charge in [0.15, 0.2) is 0 Å². The third-order valence-electron chi connectivity index (χ3n) is 4.51. The van der Waals surface area contributed by atoms with Gasteiger partial charge in [-0.2, -0.15) is 13.2 Å². The molecule has 1 amide bonds. The van der Waals surface area contributed by atoms with Gasteiger partial charge >= 0.3 is 6.18 Å². The van der Waals surface area contributed by atoms with Crippen LogP contribution in [0, 0.1) is 6.92 Å². The molecular formula is C22H16F3N3O. The molecule has 0 radical (unpaired) electrons. The first-order chi connectivity index (χ1) is 13.8. The van der Waals surface area contributed by atoms with E-state index in [1.54, 1.807) is 18.2 Å². The zero-order chi connectivity index (χ0) is 20.6. The molecule has 0 fully saturated rings. The molecule has 0 aliphatic carbocycles. The Labute approximate surface area is 164 Å². The summed E-state index contributed by atoms with van der Waals surface area (Å²) in [6.07, 6.45) is -0.612. The van der Waals surface area contributed by atoms with Gasteiger partial charge in [-0.25, -0.2) is 4.98 Å². The topological polar surface area (TPSA) is 46.4 Å². The third kappa shape index (κ3) is 3.99. The van der Waals surface area contributed by atoms with Crippen molar-refractivity contribution in [2.45, 2.75) is 13.1 Å². The predicted octanol–water partition coefficient (Wildman–Crippen LogP) is 5.58. The van der Waals surface area contributed by atoms with Crippen LogP contribution < -0.4 is 5.32 Å². The second-order valence-electron chi connectivity index (χ2n) is 6.71. The Morgan fingerprint density at radius 2 is 1.79 bits per heavy atom. The van der Waals surface area contributed by atoms with Crippen LogP contribution in [0.2, 0.25) is 0 Å². The average Bonchev–Trinajstić information content (AvgIpc) is 3.11. The molecule has 7 heteroatoms. The lowest BCUT2D eigenvalue weighted by atomic mass is 10.1. The number of pyridine rings is 1. The molecule has 29 heavy (non-hydrogen) atoms. The molecule has 1 N–H and O–H groups in total. The first kappa shape index (κ1) is 18.7. The number of nitrogens with zero attached hydrogens (tertiary/aromatic N) is 2. The second-order valence-corrected chi connectivity index (χ2v) is 6.71. The molecule has 0 saturated heterocycles. The van der Waals surface area contributed by atoms with Crippen molar-refractivity contribution >= 4 is 17.2 Å². The van der Waals surface area contributed by atoms with Gasteiger partial charge in [-0.15, -0.1) is 0 Å². The number of hydrogen-bond acceptors (Lipinski definition) is 2. The van der Waals surface area contributed by atoms with Gasteiger partial charge < -0.3 is 9.72 Å². The maximum Gasteiger partial charge on any atom is 0.416 e. The van der Waals surface area contributed by atoms with Crippen LogP contribution in [-0.4, -0.2) is 15.3 Å². The number of aryl methyl sites for hydroxylation is 1. The molecule has 0 saturated carbocycles. The van der Waals surface area contributed by atoms with Crippen molar-refractivity contribution in [1.82, 2.24) is 9.38 Å². The average molecular weight is 395 g/mol. The Morgan fingerprint density at radius 1 is 1.03 bits per heavy atom. The summed E-state index contributed by atoms with van der Waals surface area (Å²) < 4.78 is 39.9. The molecule has 0 spiro atoms. The first-order valence-electron chi connectivity index (χ1n) is 8.84. The van der Waals surface area contributed by atoms with E-state index >= 15 is 0 Å². The maximum atomic E-state index is 12.7. The van der Waals surface area contributed by atoms with E-state index in [1.165, 1.54) is 0 Å². The third-order valence-corrected chi connectivity index (χ3v) is 4.51. The molecule has 4 aromatic rings. The Morgan fingerprint density at radius 3 is 2.52 bits per heavy atom. The molecule has 0 bridgehead atoms. The van der Waals surface area contributed by atoms with Gasteiger partial charge in [-0.3, -0.25) is 4.79 Å². The number of anilines is 1. The summed E-state index contributed by atoms with van der Waals surface area (Å²) in [4.78, 5) is 17.0. The Balaban J connectivity index is 1.56. The quantitative estimate of drug-likeness (QED) is 0.492. The van der Waals surface area contributed by atoms with E-state index in [0.29, 0.717) is 5.69 Å². The normalized spacial score (nSPS) is 11.6. The second kappa shape index (κ2) is 7.09. The van der Waals surface area contributed by atoms with Crippen molar-refractivity contribution in [2.24, 2.45) is 0 Å². The number of nitrogens with one attached hydrogen (secondary N) is 1. The van der Waals surface area contributed by atoms with Crippen LogP contribution in [-0.2, 0) is 6.18 Å². The van der Waals surface area contributed by atoms with Crippen LogP contribution in [0.1, 0.15) is 21.5 Å². The molecule has 0 aliphatic heterocycles. The smallest absolute Gasteiger partial charge is 0.322 e. The molecule has 0 aliphatic rings. The summed E-state index contributed by atoms with van der Waals surface area (Å²) in [5.41, 5.74) is 3.37. The number of benzene rings is 2. The summed E-state index contributed by atoms with van der Waals surface area (Å²) in [5.74, 6) is -0.485. The maximum absolute atomic E-state index is 12.7. The highest BCUT2D eigenvalue weighted by Gasteiger charge is 2.30. The van der Waals surface area contributed by atoms with Crippen LogP contribution in [0.3, 0.4) is 0 Å². The van der Waals surface area contributed by atoms with Crippen molar-refractivity contribution in [3.8, 4) is 11.3 Å². The van der Waals surface area contributed by atoms with Crippen LogP contribution in [0.5, 0.6) is 0 Å². The van der Waals surface area contributed by atoms with Crippen LogP contribution >= 0.6 is 0 Å². The van der Waals surface area contributed by atoms with Gasteiger partial charge in [0.05, 0.1) is 11.3 Å². The van der Waals surface area contributed by atoms with Gasteiger partial charge in [0.25, 0.3) is 5.91 Å². The van der Waals surface area contributed by atoms with E-state index in [2.05, 4.69) is 10.3 Å². The predicted molar refractivity (Wildman–Crippen MR) is 105 cm³/mol. The van der Waals surface area contributed by atoms with Crippen molar-refractivity contribution < 1.29 is 18.0 Å². The highest BCUT2D eigenvalue weighted by Crippen LogP contribution is 2.29. The largest absolute Gasteiger partial charge is 0.416 e. The minimum Gasteiger partial charge on any atom is -0.322 e. The Bertz CT molecular complexity index is 1190. The lowest BCUT2D eigenvalue weighted by Crippen LogP contribution is -2.12. The number of aromatic nitrogens is 2. The molecule has 146 valence electrons. The van der Waals surface area contributed by atoms with Crippen LogP contribution in [0.4, 0.5) is 18.9 Å². The summed E-state index contributed by atoms with van der Waals surface area (Å²) in [6.45, 7) is 1.99. The monoisotopic (exact) mass is 395 g/mol. The number of carbonyl (C=O) groups is 1. The number of fused-ring (bicyclic) bond motifs is 1. The highest BCUT2D eigenvalue weighted by atomic mass is 19.4. The number of halogens is 3. The summed E-state index contributed by atoms with van der Waals surface area (Å²) >= 11 is 0. The first-order valence-corrected chi connectivity index (χ1v) is 8.84. The van der Waals surface area contributed by atoms with Crippen molar-refractivity contribution in [3.05, 3.63) is 89.7 Å². The zero-order valence-electron chi connectivity index (χ0n) is 15.4. The zero-order valence-corrected chi connectivity index (χ0v) is 15.4. The summed E-state index contributed by atoms with van der Waals surface area (Å²) in [7, 11) is 0. The van der Waals surface area contributed by atoms with E-state index in [1.807, 2.05) is 41.9 Å². The van der Waals surface area contributed by atoms with E-state index in [-0.39, 0.29) is 5.56 Å². The standard InChI is InChI=1S/C22H16F3N3O/c1-14-9-10-28-13-19(27-20(28)11-14)16-3-2-4-18(12-16)26-21(29)15-5-7-17(8-6-15)22(23,24)25/h2-13H,1H3,(H,26,29). The van der Waals surface area contributed by atoms with Crippen molar-refractivity contribution in [3.63, 3.8) is 0 Å². The summed E-state index contributed by atoms with van der Waals surface area (Å²) in [6, 6.07) is 15.2. The highest BCUT2D eigenvalue weighted by molar-refractivity contribution is 6.04. The van der Waals surface area contributed by atoms with Gasteiger partial charge in [-0.1, -0.05) is 12.1 Å². The molecule has 4 nitrogen and oxygen atoms in total. The fourth-order valence-corrected chi connectivity index (χ4v) is 2.99. The fraction of sp³-hybridized carbons (Fsp3) is 0.0909. The van der Waals surface area contributed by atoms with Gasteiger partial charge in [-0.05, 0) is 61.0 Å². The van der Waals surface area contributed by atoms with E-state index in [4.69, 9.17) is 0 Å². The molecule has 2 aromatic heterocycles. The van der Waals surface area contributed by atoms with Crippen molar-refractivity contribution in [2.75, 3.05) is 5.32 Å². The summed E-state index contributed by atoms with van der Waals surface area (Å²) in [5, 5.41) is 2.71.